The van der Waals surface area contributed by atoms with E-state index in [2.05, 4.69) is 46.4 Å². The van der Waals surface area contributed by atoms with Crippen LogP contribution < -0.4 is 0 Å². The van der Waals surface area contributed by atoms with Gasteiger partial charge >= 0.3 is 0 Å². The molecule has 66 valence electrons. The Kier molecular flexibility index (Phi) is 5.11. The highest BCUT2D eigenvalue weighted by molar-refractivity contribution is 5.36. The zero-order valence-electron chi connectivity index (χ0n) is 8.52. The third kappa shape index (κ3) is 4.73. The summed E-state index contributed by atoms with van der Waals surface area (Å²) in [6.07, 6.45) is 8.01. The molecule has 0 heteroatoms. The normalized spacial score (nSPS) is 9.67. The van der Waals surface area contributed by atoms with Crippen molar-refractivity contribution in [1.82, 2.24) is 0 Å². The molecule has 0 atom stereocenters. The smallest absolute Gasteiger partial charge is 0.0271 e. The van der Waals surface area contributed by atoms with Crippen molar-refractivity contribution in [1.29, 1.82) is 0 Å². The monoisotopic (exact) mass is 162 g/mol. The first-order valence-electron chi connectivity index (χ1n) is 4.19. The van der Waals surface area contributed by atoms with Gasteiger partial charge in [0.2, 0.25) is 0 Å². The van der Waals surface area contributed by atoms with Crippen molar-refractivity contribution in [2.75, 3.05) is 0 Å². The topological polar surface area (TPSA) is 0 Å². The van der Waals surface area contributed by atoms with E-state index in [-0.39, 0.29) is 0 Å². The zero-order chi connectivity index (χ0) is 9.56. The van der Waals surface area contributed by atoms with Crippen molar-refractivity contribution >= 4 is 0 Å². The highest BCUT2D eigenvalue weighted by Gasteiger charge is 1.89. The Morgan fingerprint density at radius 3 is 2.00 bits per heavy atom. The lowest BCUT2D eigenvalue weighted by atomic mass is 10.1. The molecule has 0 heterocycles. The molecule has 0 aromatic rings. The minimum atomic E-state index is 1.27. The first-order chi connectivity index (χ1) is 5.57. The van der Waals surface area contributed by atoms with Crippen molar-refractivity contribution in [2.24, 2.45) is 0 Å². The highest BCUT2D eigenvalue weighted by Crippen LogP contribution is 2.09. The summed E-state index contributed by atoms with van der Waals surface area (Å²) in [5, 5.41) is 0. The van der Waals surface area contributed by atoms with E-state index in [0.29, 0.717) is 0 Å². The van der Waals surface area contributed by atoms with Gasteiger partial charge in [-0.1, -0.05) is 42.0 Å². The second-order valence-corrected chi connectivity index (χ2v) is 3.27. The minimum Gasteiger partial charge on any atom is -0.0991 e. The molecule has 0 bridgehead atoms. The summed E-state index contributed by atoms with van der Waals surface area (Å²) in [6, 6.07) is 0. The molecule has 0 nitrogen and oxygen atoms in total. The van der Waals surface area contributed by atoms with E-state index in [9.17, 15) is 0 Å². The molecule has 0 fully saturated rings. The summed E-state index contributed by atoms with van der Waals surface area (Å²) in [7, 11) is 0. The molecule has 0 radical (unpaired) electrons. The average Bonchev–Trinajstić information content (AvgIpc) is 1.96. The fraction of sp³-hybridized carbons (Fsp3) is 0.333. The zero-order valence-corrected chi connectivity index (χ0v) is 8.52. The van der Waals surface area contributed by atoms with E-state index in [4.69, 9.17) is 0 Å². The fourth-order valence-corrected chi connectivity index (χ4v) is 0.842. The van der Waals surface area contributed by atoms with Crippen molar-refractivity contribution in [3.05, 3.63) is 47.6 Å². The molecule has 0 unspecified atom stereocenters. The van der Waals surface area contributed by atoms with Crippen molar-refractivity contribution in [2.45, 2.75) is 27.7 Å². The Morgan fingerprint density at radius 2 is 1.67 bits per heavy atom. The summed E-state index contributed by atoms with van der Waals surface area (Å²) < 4.78 is 0. The maximum Gasteiger partial charge on any atom is -0.0271 e. The van der Waals surface area contributed by atoms with Crippen LogP contribution in [0.25, 0.3) is 0 Å². The maximum atomic E-state index is 3.64. The standard InChI is InChI=1S/C12H18/c1-6-7-8-12(11(4)5)9-10(2)3/h6-9H,1H2,2-5H3/b8-7-. The van der Waals surface area contributed by atoms with Crippen LogP contribution in [0.1, 0.15) is 27.7 Å². The Labute approximate surface area is 76.0 Å². The first kappa shape index (κ1) is 11.0. The van der Waals surface area contributed by atoms with Crippen LogP contribution in [0.5, 0.6) is 0 Å². The molecule has 0 aromatic carbocycles. The number of hydrogen-bond donors (Lipinski definition) is 0. The molecule has 0 aliphatic carbocycles. The minimum absolute atomic E-state index is 1.27. The van der Waals surface area contributed by atoms with Gasteiger partial charge in [-0.3, -0.25) is 0 Å². The van der Waals surface area contributed by atoms with Crippen LogP contribution in [-0.2, 0) is 0 Å². The van der Waals surface area contributed by atoms with Crippen LogP contribution in [0.2, 0.25) is 0 Å². The summed E-state index contributed by atoms with van der Waals surface area (Å²) in [5.74, 6) is 0. The van der Waals surface area contributed by atoms with Gasteiger partial charge in [0.15, 0.2) is 0 Å². The molecular weight excluding hydrogens is 144 g/mol. The van der Waals surface area contributed by atoms with E-state index >= 15 is 0 Å². The van der Waals surface area contributed by atoms with Gasteiger partial charge in [0.05, 0.1) is 0 Å². The SMILES string of the molecule is C=C/C=C\C(C=C(C)C)=C(C)C. The summed E-state index contributed by atoms with van der Waals surface area (Å²) in [6.45, 7) is 12.1. The lowest BCUT2D eigenvalue weighted by Gasteiger charge is -1.98. The third-order valence-electron chi connectivity index (χ3n) is 1.43. The molecule has 0 saturated carbocycles. The maximum absolute atomic E-state index is 3.64. The van der Waals surface area contributed by atoms with Gasteiger partial charge in [0.25, 0.3) is 0 Å². The van der Waals surface area contributed by atoms with Gasteiger partial charge in [-0.2, -0.15) is 0 Å². The molecule has 0 aromatic heterocycles. The quantitative estimate of drug-likeness (QED) is 0.549. The average molecular weight is 162 g/mol. The highest BCUT2D eigenvalue weighted by atomic mass is 13.9. The summed E-state index contributed by atoms with van der Waals surface area (Å²) in [4.78, 5) is 0. The predicted octanol–water partition coefficient (Wildman–Crippen LogP) is 4.03. The van der Waals surface area contributed by atoms with Crippen LogP contribution in [0.3, 0.4) is 0 Å². The molecule has 12 heavy (non-hydrogen) atoms. The van der Waals surface area contributed by atoms with Crippen LogP contribution in [-0.4, -0.2) is 0 Å². The van der Waals surface area contributed by atoms with Crippen LogP contribution in [0.15, 0.2) is 47.6 Å². The largest absolute Gasteiger partial charge is 0.0991 e. The molecule has 0 aliphatic rings. The lowest BCUT2D eigenvalue weighted by molar-refractivity contribution is 1.30. The second-order valence-electron chi connectivity index (χ2n) is 3.27. The Balaban J connectivity index is 4.71. The number of hydrogen-bond acceptors (Lipinski definition) is 0. The van der Waals surface area contributed by atoms with E-state index in [1.165, 1.54) is 16.7 Å². The molecule has 0 aliphatic heterocycles. The Morgan fingerprint density at radius 1 is 1.08 bits per heavy atom. The van der Waals surface area contributed by atoms with Crippen LogP contribution in [0.4, 0.5) is 0 Å². The molecule has 0 spiro atoms. The van der Waals surface area contributed by atoms with Crippen molar-refractivity contribution < 1.29 is 0 Å². The van der Waals surface area contributed by atoms with E-state index in [0.717, 1.165) is 0 Å². The molecule has 0 N–H and O–H groups in total. The fourth-order valence-electron chi connectivity index (χ4n) is 0.842. The Hall–Kier alpha value is -1.04. The van der Waals surface area contributed by atoms with Gasteiger partial charge < -0.3 is 0 Å². The second kappa shape index (κ2) is 5.59. The van der Waals surface area contributed by atoms with Crippen LogP contribution >= 0.6 is 0 Å². The van der Waals surface area contributed by atoms with Gasteiger partial charge in [0, 0.05) is 0 Å². The summed E-state index contributed by atoms with van der Waals surface area (Å²) in [5.41, 5.74) is 3.92. The van der Waals surface area contributed by atoms with Gasteiger partial charge in [-0.25, -0.2) is 0 Å². The van der Waals surface area contributed by atoms with E-state index < -0.39 is 0 Å². The molecular formula is C12H18. The lowest BCUT2D eigenvalue weighted by Crippen LogP contribution is -1.78. The van der Waals surface area contributed by atoms with Gasteiger partial charge in [-0.15, -0.1) is 0 Å². The van der Waals surface area contributed by atoms with Gasteiger partial charge in [-0.05, 0) is 33.3 Å². The van der Waals surface area contributed by atoms with E-state index in [1.807, 2.05) is 6.08 Å². The number of rotatable bonds is 3. The third-order valence-corrected chi connectivity index (χ3v) is 1.43. The van der Waals surface area contributed by atoms with Gasteiger partial charge in [0.1, 0.15) is 0 Å². The molecule has 0 amide bonds. The van der Waals surface area contributed by atoms with Crippen molar-refractivity contribution in [3.63, 3.8) is 0 Å². The van der Waals surface area contributed by atoms with Crippen molar-refractivity contribution in [3.8, 4) is 0 Å². The predicted molar refractivity (Wildman–Crippen MR) is 57.1 cm³/mol. The molecule has 0 rings (SSSR count). The Bertz CT molecular complexity index is 229. The molecule has 0 saturated heterocycles. The first-order valence-corrected chi connectivity index (χ1v) is 4.19. The number of allylic oxidation sites excluding steroid dienone is 7. The van der Waals surface area contributed by atoms with E-state index in [1.54, 1.807) is 6.08 Å². The van der Waals surface area contributed by atoms with Crippen LogP contribution in [0, 0.1) is 0 Å². The summed E-state index contributed by atoms with van der Waals surface area (Å²) >= 11 is 0.